The highest BCUT2D eigenvalue weighted by Gasteiger charge is 2.29. The molecule has 1 amide bonds. The Bertz CT molecular complexity index is 1220. The van der Waals surface area contributed by atoms with Gasteiger partial charge in [0.05, 0.1) is 22.1 Å². The van der Waals surface area contributed by atoms with Crippen molar-refractivity contribution in [2.45, 2.75) is 37.1 Å². The average Bonchev–Trinajstić information content (AvgIpc) is 3.18. The minimum Gasteiger partial charge on any atom is -0.371 e. The van der Waals surface area contributed by atoms with E-state index in [-0.39, 0.29) is 23.5 Å². The van der Waals surface area contributed by atoms with E-state index in [4.69, 9.17) is 0 Å². The molecule has 0 atom stereocenters. The molecule has 0 radical (unpaired) electrons. The number of piperidine rings is 1. The summed E-state index contributed by atoms with van der Waals surface area (Å²) in [6, 6.07) is 13.7. The van der Waals surface area contributed by atoms with Gasteiger partial charge in [0.25, 0.3) is 5.91 Å². The van der Waals surface area contributed by atoms with Crippen molar-refractivity contribution in [3.8, 4) is 0 Å². The molecule has 0 aliphatic carbocycles. The van der Waals surface area contributed by atoms with Crippen LogP contribution in [-0.4, -0.2) is 59.9 Å². The number of hydrogen-bond acceptors (Lipinski definition) is 6. The number of nitrogens with zero attached hydrogens (tertiary/aromatic N) is 2. The van der Waals surface area contributed by atoms with Gasteiger partial charge in [0.1, 0.15) is 0 Å². The highest BCUT2D eigenvalue weighted by atomic mass is 32.2. The summed E-state index contributed by atoms with van der Waals surface area (Å²) in [6.07, 6.45) is 2.12. The Balaban J connectivity index is 1.35. The second-order valence-corrected chi connectivity index (χ2v) is 12.7. The second kappa shape index (κ2) is 9.34. The van der Waals surface area contributed by atoms with E-state index in [0.29, 0.717) is 29.1 Å². The van der Waals surface area contributed by atoms with Crippen LogP contribution in [0, 0.1) is 0 Å². The lowest BCUT2D eigenvalue weighted by atomic mass is 10.0. The normalized spacial score (nSPS) is 18.9. The van der Waals surface area contributed by atoms with Crippen molar-refractivity contribution in [2.24, 2.45) is 0 Å². The topological polar surface area (TPSA) is 104 Å². The maximum Gasteiger partial charge on any atom is 0.251 e. The van der Waals surface area contributed by atoms with E-state index in [0.717, 1.165) is 31.6 Å². The van der Waals surface area contributed by atoms with E-state index in [2.05, 4.69) is 10.2 Å². The summed E-state index contributed by atoms with van der Waals surface area (Å²) in [5, 5.41) is 3.07. The molecule has 2 saturated heterocycles. The van der Waals surface area contributed by atoms with E-state index in [1.54, 1.807) is 43.3 Å². The van der Waals surface area contributed by atoms with Crippen LogP contribution in [-0.2, 0) is 19.9 Å². The van der Waals surface area contributed by atoms with Crippen molar-refractivity contribution in [2.75, 3.05) is 40.3 Å². The molecule has 0 spiro atoms. The Morgan fingerprint density at radius 3 is 2.33 bits per heavy atom. The van der Waals surface area contributed by atoms with Gasteiger partial charge in [-0.1, -0.05) is 13.0 Å². The minimum absolute atomic E-state index is 0.0210. The van der Waals surface area contributed by atoms with Gasteiger partial charge in [0.2, 0.25) is 10.0 Å². The molecular weight excluding hydrogens is 462 g/mol. The molecule has 0 saturated carbocycles. The summed E-state index contributed by atoms with van der Waals surface area (Å²) in [5.41, 5.74) is 1.95. The van der Waals surface area contributed by atoms with Gasteiger partial charge in [-0.2, -0.15) is 0 Å². The molecule has 1 N–H and O–H groups in total. The highest BCUT2D eigenvalue weighted by Crippen LogP contribution is 2.26. The Hall–Kier alpha value is -2.59. The first-order valence-electron chi connectivity index (χ1n) is 11.2. The van der Waals surface area contributed by atoms with Crippen LogP contribution >= 0.6 is 0 Å². The van der Waals surface area contributed by atoms with Crippen LogP contribution in [0.25, 0.3) is 0 Å². The van der Waals surface area contributed by atoms with Crippen LogP contribution in [0.4, 0.5) is 11.4 Å². The molecule has 2 aromatic rings. The molecule has 0 aromatic heterocycles. The molecule has 33 heavy (non-hydrogen) atoms. The van der Waals surface area contributed by atoms with Gasteiger partial charge in [-0.05, 0) is 61.7 Å². The Morgan fingerprint density at radius 2 is 1.73 bits per heavy atom. The molecule has 2 fully saturated rings. The monoisotopic (exact) mass is 491 g/mol. The lowest BCUT2D eigenvalue weighted by Gasteiger charge is -2.34. The summed E-state index contributed by atoms with van der Waals surface area (Å²) in [7, 11) is -6.50. The zero-order chi connectivity index (χ0) is 23.6. The van der Waals surface area contributed by atoms with Crippen LogP contribution in [0.15, 0.2) is 53.4 Å². The third kappa shape index (κ3) is 5.16. The maximum absolute atomic E-state index is 12.8. The smallest absolute Gasteiger partial charge is 0.251 e. The molecule has 2 heterocycles. The maximum atomic E-state index is 12.8. The van der Waals surface area contributed by atoms with Gasteiger partial charge in [0.15, 0.2) is 9.84 Å². The first-order chi connectivity index (χ1) is 15.7. The molecule has 10 heteroatoms. The van der Waals surface area contributed by atoms with Crippen molar-refractivity contribution in [3.63, 3.8) is 0 Å². The van der Waals surface area contributed by atoms with Crippen LogP contribution in [0.1, 0.15) is 36.5 Å². The lowest BCUT2D eigenvalue weighted by molar-refractivity contribution is 0.0931. The number of amides is 1. The molecule has 0 bridgehead atoms. The Kier molecular flexibility index (Phi) is 6.67. The van der Waals surface area contributed by atoms with Crippen molar-refractivity contribution in [1.82, 2.24) is 5.32 Å². The summed E-state index contributed by atoms with van der Waals surface area (Å²) >= 11 is 0. The van der Waals surface area contributed by atoms with Crippen molar-refractivity contribution < 1.29 is 21.6 Å². The van der Waals surface area contributed by atoms with Crippen molar-refractivity contribution >= 4 is 37.1 Å². The minimum atomic E-state index is -3.29. The average molecular weight is 492 g/mol. The number of benzene rings is 2. The fourth-order valence-electron chi connectivity index (χ4n) is 4.31. The van der Waals surface area contributed by atoms with Crippen LogP contribution in [0.5, 0.6) is 0 Å². The number of anilines is 2. The number of carbonyl (C=O) groups excluding carboxylic acids is 1. The molecule has 8 nitrogen and oxygen atoms in total. The van der Waals surface area contributed by atoms with Gasteiger partial charge < -0.3 is 10.2 Å². The number of nitrogens with one attached hydrogen (secondary N) is 1. The summed E-state index contributed by atoms with van der Waals surface area (Å²) in [4.78, 5) is 15.3. The van der Waals surface area contributed by atoms with E-state index in [1.165, 1.54) is 4.31 Å². The van der Waals surface area contributed by atoms with Crippen LogP contribution in [0.3, 0.4) is 0 Å². The molecule has 4 rings (SSSR count). The van der Waals surface area contributed by atoms with Gasteiger partial charge in [-0.3, -0.25) is 9.10 Å². The summed E-state index contributed by atoms with van der Waals surface area (Å²) in [6.45, 7) is 3.57. The zero-order valence-electron chi connectivity index (χ0n) is 18.6. The number of carbonyl (C=O) groups is 1. The Morgan fingerprint density at radius 1 is 1.03 bits per heavy atom. The molecule has 178 valence electrons. The standard InChI is InChI=1S/C23H29N3O5S2/c1-2-32(28,29)22-9-7-20(8-10-22)25-14-11-19(12-15-25)24-23(27)18-5-3-6-21(17-18)26-13-4-16-33(26,30)31/h3,5-10,17,19H,2,4,11-16H2,1H3,(H,24,27). The van der Waals surface area contributed by atoms with Gasteiger partial charge in [-0.15, -0.1) is 0 Å². The Labute approximate surface area is 195 Å². The van der Waals surface area contributed by atoms with Crippen molar-refractivity contribution in [3.05, 3.63) is 54.1 Å². The van der Waals surface area contributed by atoms with Crippen LogP contribution in [0.2, 0.25) is 0 Å². The SMILES string of the molecule is CCS(=O)(=O)c1ccc(N2CCC(NC(=O)c3cccc(N4CCCS4(=O)=O)c3)CC2)cc1. The first kappa shape index (κ1) is 23.6. The van der Waals surface area contributed by atoms with Gasteiger partial charge in [-0.25, -0.2) is 16.8 Å². The highest BCUT2D eigenvalue weighted by molar-refractivity contribution is 7.93. The predicted octanol–water partition coefficient (Wildman–Crippen LogP) is 2.42. The fourth-order valence-corrected chi connectivity index (χ4v) is 6.75. The molecule has 2 aromatic carbocycles. The van der Waals surface area contributed by atoms with E-state index in [9.17, 15) is 21.6 Å². The van der Waals surface area contributed by atoms with Crippen molar-refractivity contribution in [1.29, 1.82) is 0 Å². The third-order valence-electron chi connectivity index (χ3n) is 6.27. The fraction of sp³-hybridized carbons (Fsp3) is 0.435. The number of sulfone groups is 1. The third-order valence-corrected chi connectivity index (χ3v) is 9.89. The molecule has 2 aliphatic rings. The van der Waals surface area contributed by atoms with E-state index in [1.807, 2.05) is 12.1 Å². The molecule has 2 aliphatic heterocycles. The largest absolute Gasteiger partial charge is 0.371 e. The zero-order valence-corrected chi connectivity index (χ0v) is 20.2. The quantitative estimate of drug-likeness (QED) is 0.666. The van der Waals surface area contributed by atoms with Gasteiger partial charge >= 0.3 is 0 Å². The van der Waals surface area contributed by atoms with E-state index >= 15 is 0 Å². The van der Waals surface area contributed by atoms with Gasteiger partial charge in [0, 0.05) is 36.9 Å². The summed E-state index contributed by atoms with van der Waals surface area (Å²) < 4.78 is 49.7. The second-order valence-electron chi connectivity index (χ2n) is 8.42. The first-order valence-corrected chi connectivity index (χ1v) is 14.4. The number of rotatable bonds is 6. The number of sulfonamides is 1. The van der Waals surface area contributed by atoms with E-state index < -0.39 is 19.9 Å². The lowest BCUT2D eigenvalue weighted by Crippen LogP contribution is -2.44. The molecular formula is C23H29N3O5S2. The van der Waals surface area contributed by atoms with Crippen LogP contribution < -0.4 is 14.5 Å². The predicted molar refractivity (Wildman–Crippen MR) is 129 cm³/mol. The molecule has 0 unspecified atom stereocenters. The number of hydrogen-bond donors (Lipinski definition) is 1. The summed E-state index contributed by atoms with van der Waals surface area (Å²) in [5.74, 6) is 0.00822.